The van der Waals surface area contributed by atoms with Gasteiger partial charge in [0.1, 0.15) is 17.2 Å². The fourth-order valence-corrected chi connectivity index (χ4v) is 2.51. The molecule has 0 atom stereocenters. The lowest BCUT2D eigenvalue weighted by molar-refractivity contribution is 0.212. The molecule has 3 rings (SSSR count). The number of aryl methyl sites for hydroxylation is 1. The molecule has 0 N–H and O–H groups in total. The number of hydrogen-bond acceptors (Lipinski definition) is 4. The SMILES string of the molecule is CCN(C)C(=O)n1c(=O)n(C)c2nc(Cc3ccc(F)cc3)ncc21. The number of hydrogen-bond donors (Lipinski definition) is 0. The van der Waals surface area contributed by atoms with Gasteiger partial charge >= 0.3 is 11.7 Å². The fourth-order valence-electron chi connectivity index (χ4n) is 2.51. The summed E-state index contributed by atoms with van der Waals surface area (Å²) in [7, 11) is 3.19. The number of carbonyl (C=O) groups is 1. The number of benzene rings is 1. The average molecular weight is 343 g/mol. The van der Waals surface area contributed by atoms with Crippen LogP contribution >= 0.6 is 0 Å². The van der Waals surface area contributed by atoms with Crippen molar-refractivity contribution in [2.75, 3.05) is 13.6 Å². The van der Waals surface area contributed by atoms with Crippen LogP contribution in [0.4, 0.5) is 9.18 Å². The highest BCUT2D eigenvalue weighted by Crippen LogP contribution is 2.13. The van der Waals surface area contributed by atoms with Crippen LogP contribution in [0.25, 0.3) is 11.2 Å². The summed E-state index contributed by atoms with van der Waals surface area (Å²) in [6.45, 7) is 2.30. The summed E-state index contributed by atoms with van der Waals surface area (Å²) in [6, 6.07) is 5.64. The van der Waals surface area contributed by atoms with Gasteiger partial charge in [-0.1, -0.05) is 12.1 Å². The summed E-state index contributed by atoms with van der Waals surface area (Å²) >= 11 is 0. The van der Waals surface area contributed by atoms with E-state index in [9.17, 15) is 14.0 Å². The van der Waals surface area contributed by atoms with Crippen molar-refractivity contribution in [1.29, 1.82) is 0 Å². The van der Waals surface area contributed by atoms with Crippen LogP contribution in [0, 0.1) is 5.82 Å². The van der Waals surface area contributed by atoms with Crippen molar-refractivity contribution in [2.45, 2.75) is 13.3 Å². The van der Waals surface area contributed by atoms with Crippen molar-refractivity contribution in [3.63, 3.8) is 0 Å². The lowest BCUT2D eigenvalue weighted by atomic mass is 10.1. The van der Waals surface area contributed by atoms with Gasteiger partial charge in [0.25, 0.3) is 0 Å². The van der Waals surface area contributed by atoms with Crippen molar-refractivity contribution >= 4 is 17.2 Å². The molecular formula is C17H18FN5O2. The van der Waals surface area contributed by atoms with Crippen LogP contribution in [0.2, 0.25) is 0 Å². The fraction of sp³-hybridized carbons (Fsp3) is 0.294. The number of rotatable bonds is 3. The van der Waals surface area contributed by atoms with E-state index < -0.39 is 11.7 Å². The highest BCUT2D eigenvalue weighted by Gasteiger charge is 2.20. The Balaban J connectivity index is 2.04. The van der Waals surface area contributed by atoms with Crippen LogP contribution < -0.4 is 5.69 Å². The van der Waals surface area contributed by atoms with Crippen LogP contribution in [-0.4, -0.2) is 43.6 Å². The molecular weight excluding hydrogens is 325 g/mol. The topological polar surface area (TPSA) is 73.0 Å². The zero-order valence-corrected chi connectivity index (χ0v) is 14.2. The summed E-state index contributed by atoms with van der Waals surface area (Å²) in [5, 5.41) is 0. The van der Waals surface area contributed by atoms with E-state index in [2.05, 4.69) is 9.97 Å². The molecule has 0 fully saturated rings. The molecule has 0 aliphatic rings. The molecule has 130 valence electrons. The second kappa shape index (κ2) is 6.46. The smallest absolute Gasteiger partial charge is 0.327 e. The van der Waals surface area contributed by atoms with Gasteiger partial charge in [0.15, 0.2) is 5.65 Å². The molecule has 3 aromatic rings. The van der Waals surface area contributed by atoms with E-state index >= 15 is 0 Å². The van der Waals surface area contributed by atoms with E-state index in [0.29, 0.717) is 30.0 Å². The lowest BCUT2D eigenvalue weighted by Crippen LogP contribution is -2.37. The van der Waals surface area contributed by atoms with Crippen molar-refractivity contribution in [3.05, 3.63) is 58.2 Å². The second-order valence-corrected chi connectivity index (χ2v) is 5.77. The quantitative estimate of drug-likeness (QED) is 0.727. The summed E-state index contributed by atoms with van der Waals surface area (Å²) in [6.07, 6.45) is 1.88. The van der Waals surface area contributed by atoms with E-state index in [4.69, 9.17) is 0 Å². The minimum atomic E-state index is -0.464. The highest BCUT2D eigenvalue weighted by atomic mass is 19.1. The molecule has 0 spiro atoms. The maximum Gasteiger partial charge on any atom is 0.338 e. The first-order valence-electron chi connectivity index (χ1n) is 7.85. The number of carbonyl (C=O) groups excluding carboxylic acids is 1. The van der Waals surface area contributed by atoms with Crippen LogP contribution in [0.15, 0.2) is 35.3 Å². The Bertz CT molecular complexity index is 991. The molecule has 0 aliphatic heterocycles. The van der Waals surface area contributed by atoms with Gasteiger partial charge in [-0.15, -0.1) is 0 Å². The number of halogens is 1. The van der Waals surface area contributed by atoms with Gasteiger partial charge in [0, 0.05) is 27.1 Å². The number of imidazole rings is 1. The summed E-state index contributed by atoms with van der Waals surface area (Å²) < 4.78 is 15.4. The Morgan fingerprint density at radius 2 is 1.96 bits per heavy atom. The molecule has 2 aromatic heterocycles. The predicted octanol–water partition coefficient (Wildman–Crippen LogP) is 1.78. The normalized spacial score (nSPS) is 11.0. The first-order chi connectivity index (χ1) is 11.9. The largest absolute Gasteiger partial charge is 0.338 e. The van der Waals surface area contributed by atoms with Gasteiger partial charge < -0.3 is 4.90 Å². The van der Waals surface area contributed by atoms with E-state index in [1.807, 2.05) is 6.92 Å². The van der Waals surface area contributed by atoms with Crippen molar-refractivity contribution in [2.24, 2.45) is 7.05 Å². The summed E-state index contributed by atoms with van der Waals surface area (Å²) in [5.41, 5.74) is 1.14. The third-order valence-corrected chi connectivity index (χ3v) is 4.10. The van der Waals surface area contributed by atoms with Crippen LogP contribution in [0.3, 0.4) is 0 Å². The Morgan fingerprint density at radius 3 is 2.60 bits per heavy atom. The Morgan fingerprint density at radius 1 is 1.28 bits per heavy atom. The summed E-state index contributed by atoms with van der Waals surface area (Å²) in [4.78, 5) is 34.9. The van der Waals surface area contributed by atoms with Gasteiger partial charge in [0.05, 0.1) is 6.20 Å². The molecule has 25 heavy (non-hydrogen) atoms. The maximum absolute atomic E-state index is 13.0. The first-order valence-corrected chi connectivity index (χ1v) is 7.85. The standard InChI is InChI=1S/C17H18FN5O2/c1-4-21(2)16(24)23-13-10-19-14(20-15(13)22(3)17(23)25)9-11-5-7-12(18)8-6-11/h5-8,10H,4,9H2,1-3H3. The monoisotopic (exact) mass is 343 g/mol. The van der Waals surface area contributed by atoms with E-state index in [1.165, 1.54) is 27.8 Å². The average Bonchev–Trinajstić information content (AvgIpc) is 2.86. The number of nitrogens with zero attached hydrogens (tertiary/aromatic N) is 5. The molecule has 0 saturated carbocycles. The number of aromatic nitrogens is 4. The van der Waals surface area contributed by atoms with E-state index in [1.54, 1.807) is 26.2 Å². The van der Waals surface area contributed by atoms with Crippen LogP contribution in [0.1, 0.15) is 18.3 Å². The van der Waals surface area contributed by atoms with E-state index in [0.717, 1.165) is 10.1 Å². The van der Waals surface area contributed by atoms with Gasteiger partial charge in [-0.05, 0) is 24.6 Å². The summed E-state index contributed by atoms with van der Waals surface area (Å²) in [5.74, 6) is 0.182. The van der Waals surface area contributed by atoms with Gasteiger partial charge in [0.2, 0.25) is 0 Å². The molecule has 2 heterocycles. The molecule has 0 bridgehead atoms. The van der Waals surface area contributed by atoms with Gasteiger partial charge in [-0.2, -0.15) is 0 Å². The van der Waals surface area contributed by atoms with Crippen molar-refractivity contribution in [3.8, 4) is 0 Å². The number of fused-ring (bicyclic) bond motifs is 1. The number of amides is 1. The lowest BCUT2D eigenvalue weighted by Gasteiger charge is -2.14. The minimum absolute atomic E-state index is 0.307. The third kappa shape index (κ3) is 3.02. The van der Waals surface area contributed by atoms with E-state index in [-0.39, 0.29) is 5.82 Å². The molecule has 0 radical (unpaired) electrons. The molecule has 0 aliphatic carbocycles. The molecule has 0 saturated heterocycles. The minimum Gasteiger partial charge on any atom is -0.327 e. The molecule has 8 heteroatoms. The highest BCUT2D eigenvalue weighted by molar-refractivity contribution is 5.87. The zero-order valence-electron chi connectivity index (χ0n) is 14.2. The Hall–Kier alpha value is -3.03. The third-order valence-electron chi connectivity index (χ3n) is 4.10. The molecule has 0 unspecified atom stereocenters. The second-order valence-electron chi connectivity index (χ2n) is 5.77. The van der Waals surface area contributed by atoms with Gasteiger partial charge in [-0.3, -0.25) is 4.57 Å². The first kappa shape index (κ1) is 16.8. The van der Waals surface area contributed by atoms with Gasteiger partial charge in [-0.25, -0.2) is 28.5 Å². The maximum atomic E-state index is 13.0. The van der Waals surface area contributed by atoms with Crippen molar-refractivity contribution < 1.29 is 9.18 Å². The van der Waals surface area contributed by atoms with Crippen LogP contribution in [0.5, 0.6) is 0 Å². The zero-order chi connectivity index (χ0) is 18.1. The Kier molecular flexibility index (Phi) is 4.35. The molecule has 1 amide bonds. The predicted molar refractivity (Wildman–Crippen MR) is 91.1 cm³/mol. The van der Waals surface area contributed by atoms with Crippen LogP contribution in [-0.2, 0) is 13.5 Å². The molecule has 1 aromatic carbocycles. The Labute approximate surface area is 143 Å². The molecule has 7 nitrogen and oxygen atoms in total. The van der Waals surface area contributed by atoms with Crippen molar-refractivity contribution in [1.82, 2.24) is 24.0 Å².